The summed E-state index contributed by atoms with van der Waals surface area (Å²) >= 11 is 0. The molecule has 0 aliphatic carbocycles. The molecule has 1 aromatic carbocycles. The van der Waals surface area contributed by atoms with Gasteiger partial charge in [0.05, 0.1) is 16.9 Å². The highest BCUT2D eigenvalue weighted by atomic mass is 32.2. The third-order valence-corrected chi connectivity index (χ3v) is 4.85. The molecule has 0 saturated carbocycles. The third-order valence-electron chi connectivity index (χ3n) is 2.72. The zero-order chi connectivity index (χ0) is 15.3. The molecule has 0 aliphatic rings. The Morgan fingerprint density at radius 2 is 2.00 bits per heavy atom. The molecule has 0 radical (unpaired) electrons. The first kappa shape index (κ1) is 16.1. The van der Waals surface area contributed by atoms with Gasteiger partial charge in [0.15, 0.2) is 0 Å². The zero-order valence-corrected chi connectivity index (χ0v) is 12.1. The number of aliphatic carboxylic acids is 1. The molecule has 0 unspecified atom stereocenters. The Hall–Kier alpha value is -1.91. The Labute approximate surface area is 118 Å². The molecule has 1 aromatic rings. The van der Waals surface area contributed by atoms with E-state index in [2.05, 4.69) is 0 Å². The Morgan fingerprint density at radius 1 is 1.40 bits per heavy atom. The Balaban J connectivity index is 3.24. The number of sulfonamides is 1. The average Bonchev–Trinajstić information content (AvgIpc) is 2.37. The summed E-state index contributed by atoms with van der Waals surface area (Å²) in [7, 11) is -3.89. The van der Waals surface area contributed by atoms with Crippen LogP contribution in [0.3, 0.4) is 0 Å². The fourth-order valence-corrected chi connectivity index (χ4v) is 3.55. The number of benzene rings is 1. The molecule has 0 aromatic heterocycles. The van der Waals surface area contributed by atoms with Crippen LogP contribution in [0.15, 0.2) is 29.2 Å². The summed E-state index contributed by atoms with van der Waals surface area (Å²) in [5, 5.41) is 17.7. The number of hydrogen-bond donors (Lipinski definition) is 1. The summed E-state index contributed by atoms with van der Waals surface area (Å²) in [6.45, 7) is 3.19. The van der Waals surface area contributed by atoms with Crippen LogP contribution >= 0.6 is 0 Å². The Morgan fingerprint density at radius 3 is 2.50 bits per heavy atom. The monoisotopic (exact) mass is 296 g/mol. The number of carboxylic acids is 1. The minimum Gasteiger partial charge on any atom is -0.481 e. The molecule has 0 amide bonds. The van der Waals surface area contributed by atoms with Crippen molar-refractivity contribution in [3.05, 3.63) is 29.8 Å². The van der Waals surface area contributed by atoms with E-state index >= 15 is 0 Å². The topological polar surface area (TPSA) is 98.5 Å². The smallest absolute Gasteiger partial charge is 0.304 e. The van der Waals surface area contributed by atoms with E-state index in [0.29, 0.717) is 0 Å². The van der Waals surface area contributed by atoms with Crippen molar-refractivity contribution in [1.29, 1.82) is 5.26 Å². The molecule has 0 spiro atoms. The molecule has 20 heavy (non-hydrogen) atoms. The summed E-state index contributed by atoms with van der Waals surface area (Å²) in [5.41, 5.74) is 0.0495. The Bertz CT molecular complexity index is 632. The van der Waals surface area contributed by atoms with Crippen molar-refractivity contribution < 1.29 is 18.3 Å². The molecule has 0 heterocycles. The van der Waals surface area contributed by atoms with Gasteiger partial charge in [-0.2, -0.15) is 9.57 Å². The maximum Gasteiger partial charge on any atom is 0.304 e. The van der Waals surface area contributed by atoms with Gasteiger partial charge in [-0.25, -0.2) is 8.42 Å². The lowest BCUT2D eigenvalue weighted by Crippen LogP contribution is -2.38. The van der Waals surface area contributed by atoms with Crippen LogP contribution in [0.2, 0.25) is 0 Å². The molecule has 0 atom stereocenters. The predicted molar refractivity (Wildman–Crippen MR) is 72.4 cm³/mol. The zero-order valence-electron chi connectivity index (χ0n) is 11.3. The van der Waals surface area contributed by atoms with Crippen molar-refractivity contribution in [2.45, 2.75) is 31.2 Å². The van der Waals surface area contributed by atoms with Crippen molar-refractivity contribution in [3.63, 3.8) is 0 Å². The molecule has 1 N–H and O–H groups in total. The lowest BCUT2D eigenvalue weighted by atomic mass is 10.2. The first-order valence-corrected chi connectivity index (χ1v) is 7.47. The van der Waals surface area contributed by atoms with Gasteiger partial charge in [0.1, 0.15) is 6.07 Å². The summed E-state index contributed by atoms with van der Waals surface area (Å²) < 4.78 is 26.2. The van der Waals surface area contributed by atoms with E-state index in [4.69, 9.17) is 10.4 Å². The lowest BCUT2D eigenvalue weighted by Gasteiger charge is -2.25. The van der Waals surface area contributed by atoms with Gasteiger partial charge in [-0.05, 0) is 26.0 Å². The van der Waals surface area contributed by atoms with Crippen molar-refractivity contribution in [2.75, 3.05) is 6.54 Å². The normalized spacial score (nSPS) is 11.6. The number of hydrogen-bond acceptors (Lipinski definition) is 4. The van der Waals surface area contributed by atoms with Gasteiger partial charge in [-0.1, -0.05) is 12.1 Å². The van der Waals surface area contributed by atoms with Gasteiger partial charge >= 0.3 is 5.97 Å². The highest BCUT2D eigenvalue weighted by Gasteiger charge is 2.29. The van der Waals surface area contributed by atoms with Gasteiger partial charge in [0.25, 0.3) is 0 Å². The number of nitrogens with zero attached hydrogens (tertiary/aromatic N) is 2. The van der Waals surface area contributed by atoms with Crippen LogP contribution in [0.1, 0.15) is 25.8 Å². The number of rotatable bonds is 6. The standard InChI is InChI=1S/C13H16N2O4S/c1-10(2)15(8-7-13(16)17)20(18,19)12-6-4-3-5-11(12)9-14/h3-6,10H,7-8H2,1-2H3,(H,16,17). The second kappa shape index (κ2) is 6.50. The van der Waals surface area contributed by atoms with Crippen LogP contribution in [-0.2, 0) is 14.8 Å². The van der Waals surface area contributed by atoms with E-state index in [9.17, 15) is 13.2 Å². The van der Waals surface area contributed by atoms with Gasteiger partial charge in [-0.15, -0.1) is 0 Å². The molecule has 6 nitrogen and oxygen atoms in total. The van der Waals surface area contributed by atoms with Crippen LogP contribution in [0, 0.1) is 11.3 Å². The maximum absolute atomic E-state index is 12.5. The molecule has 108 valence electrons. The summed E-state index contributed by atoms with van der Waals surface area (Å²) in [6, 6.07) is 7.32. The van der Waals surface area contributed by atoms with E-state index in [0.717, 1.165) is 4.31 Å². The highest BCUT2D eigenvalue weighted by molar-refractivity contribution is 7.89. The highest BCUT2D eigenvalue weighted by Crippen LogP contribution is 2.21. The largest absolute Gasteiger partial charge is 0.481 e. The fraction of sp³-hybridized carbons (Fsp3) is 0.385. The molecule has 0 aliphatic heterocycles. The minimum atomic E-state index is -3.89. The SMILES string of the molecule is CC(C)N(CCC(=O)O)S(=O)(=O)c1ccccc1C#N. The molecule has 0 fully saturated rings. The summed E-state index contributed by atoms with van der Waals surface area (Å²) in [6.07, 6.45) is -0.286. The van der Waals surface area contributed by atoms with Gasteiger partial charge in [0.2, 0.25) is 10.0 Å². The third kappa shape index (κ3) is 3.56. The van der Waals surface area contributed by atoms with Crippen LogP contribution < -0.4 is 0 Å². The minimum absolute atomic E-state index is 0.0495. The Kier molecular flexibility index (Phi) is 5.25. The molecule has 0 bridgehead atoms. The second-order valence-corrected chi connectivity index (χ2v) is 6.32. The van der Waals surface area contributed by atoms with Crippen molar-refractivity contribution in [2.24, 2.45) is 0 Å². The first-order chi connectivity index (χ1) is 9.30. The van der Waals surface area contributed by atoms with Crippen molar-refractivity contribution in [3.8, 4) is 6.07 Å². The van der Waals surface area contributed by atoms with Gasteiger partial charge in [-0.3, -0.25) is 4.79 Å². The quantitative estimate of drug-likeness (QED) is 0.856. The van der Waals surface area contributed by atoms with E-state index in [-0.39, 0.29) is 23.4 Å². The molecule has 0 saturated heterocycles. The fourth-order valence-electron chi connectivity index (χ4n) is 1.77. The van der Waals surface area contributed by atoms with Gasteiger partial charge in [0, 0.05) is 12.6 Å². The summed E-state index contributed by atoms with van der Waals surface area (Å²) in [4.78, 5) is 10.5. The second-order valence-electron chi connectivity index (χ2n) is 4.46. The van der Waals surface area contributed by atoms with Crippen molar-refractivity contribution in [1.82, 2.24) is 4.31 Å². The average molecular weight is 296 g/mol. The summed E-state index contributed by atoms with van der Waals surface area (Å²) in [5.74, 6) is -1.07. The maximum atomic E-state index is 12.5. The lowest BCUT2D eigenvalue weighted by molar-refractivity contribution is -0.137. The molecule has 7 heteroatoms. The van der Waals surface area contributed by atoms with E-state index in [1.807, 2.05) is 6.07 Å². The van der Waals surface area contributed by atoms with Gasteiger partial charge < -0.3 is 5.11 Å². The predicted octanol–water partition coefficient (Wildman–Crippen LogP) is 1.43. The van der Waals surface area contributed by atoms with E-state index in [1.54, 1.807) is 19.9 Å². The van der Waals surface area contributed by atoms with Crippen LogP contribution in [0.4, 0.5) is 0 Å². The van der Waals surface area contributed by atoms with Crippen LogP contribution in [0.5, 0.6) is 0 Å². The number of carboxylic acid groups (broad SMARTS) is 1. The van der Waals surface area contributed by atoms with E-state index in [1.165, 1.54) is 18.2 Å². The number of nitriles is 1. The van der Waals surface area contributed by atoms with E-state index < -0.39 is 22.0 Å². The van der Waals surface area contributed by atoms with Crippen LogP contribution in [-0.4, -0.2) is 36.4 Å². The van der Waals surface area contributed by atoms with Crippen molar-refractivity contribution >= 4 is 16.0 Å². The molecular weight excluding hydrogens is 280 g/mol. The first-order valence-electron chi connectivity index (χ1n) is 6.03. The molecular formula is C13H16N2O4S. The van der Waals surface area contributed by atoms with Crippen LogP contribution in [0.25, 0.3) is 0 Å². The number of carbonyl (C=O) groups is 1. The molecule has 1 rings (SSSR count).